The standard InChI is InChI=1S/C29H54N2O4/c1-26(2)17-23(18-27(3,4)30-26)34-21-22(32)15-13-11-9-10-12-14-16-25(33)35-24-19-28(5,6)31-29(7,8)20-24/h23-24,30-31H,9-21H2,1-8H3. The van der Waals surface area contributed by atoms with Crippen molar-refractivity contribution in [2.75, 3.05) is 6.61 Å². The van der Waals surface area contributed by atoms with Crippen molar-refractivity contribution >= 4 is 11.8 Å². The minimum Gasteiger partial charge on any atom is -0.462 e. The Hall–Kier alpha value is -0.980. The van der Waals surface area contributed by atoms with Gasteiger partial charge in [-0.1, -0.05) is 25.7 Å². The number of unbranched alkanes of at least 4 members (excludes halogenated alkanes) is 5. The van der Waals surface area contributed by atoms with Gasteiger partial charge in [0.25, 0.3) is 0 Å². The molecule has 0 aromatic carbocycles. The number of hydrogen-bond donors (Lipinski definition) is 2. The molecule has 0 aromatic rings. The van der Waals surface area contributed by atoms with E-state index < -0.39 is 0 Å². The van der Waals surface area contributed by atoms with E-state index in [0.29, 0.717) is 12.8 Å². The van der Waals surface area contributed by atoms with Crippen LogP contribution in [0.3, 0.4) is 0 Å². The fraction of sp³-hybridized carbons (Fsp3) is 0.931. The molecule has 0 amide bonds. The summed E-state index contributed by atoms with van der Waals surface area (Å²) in [6.07, 6.45) is 11.0. The number of rotatable bonds is 13. The second-order valence-electron chi connectivity index (χ2n) is 13.8. The van der Waals surface area contributed by atoms with E-state index in [0.717, 1.165) is 64.2 Å². The van der Waals surface area contributed by atoms with Gasteiger partial charge in [-0.05, 0) is 81.1 Å². The van der Waals surface area contributed by atoms with Crippen molar-refractivity contribution < 1.29 is 19.1 Å². The average molecular weight is 495 g/mol. The molecular formula is C29H54N2O4. The third-order valence-electron chi connectivity index (χ3n) is 7.17. The highest BCUT2D eigenvalue weighted by molar-refractivity contribution is 5.79. The van der Waals surface area contributed by atoms with Gasteiger partial charge in [-0.15, -0.1) is 0 Å². The van der Waals surface area contributed by atoms with Gasteiger partial charge in [0.1, 0.15) is 12.7 Å². The van der Waals surface area contributed by atoms with Crippen LogP contribution < -0.4 is 10.6 Å². The van der Waals surface area contributed by atoms with Crippen LogP contribution in [-0.4, -0.2) is 52.7 Å². The Morgan fingerprint density at radius 3 is 1.51 bits per heavy atom. The number of ketones is 1. The molecular weight excluding hydrogens is 440 g/mol. The summed E-state index contributed by atoms with van der Waals surface area (Å²) < 4.78 is 11.8. The van der Waals surface area contributed by atoms with Crippen molar-refractivity contribution in [3.05, 3.63) is 0 Å². The average Bonchev–Trinajstić information content (AvgIpc) is 2.63. The molecule has 204 valence electrons. The molecule has 2 fully saturated rings. The molecule has 0 aliphatic carbocycles. The van der Waals surface area contributed by atoms with E-state index in [1.54, 1.807) is 0 Å². The van der Waals surface area contributed by atoms with Gasteiger partial charge in [0.15, 0.2) is 5.78 Å². The Labute approximate surface area is 215 Å². The first-order valence-corrected chi connectivity index (χ1v) is 14.0. The third-order valence-corrected chi connectivity index (χ3v) is 7.17. The van der Waals surface area contributed by atoms with Crippen LogP contribution in [0.5, 0.6) is 0 Å². The molecule has 0 radical (unpaired) electrons. The largest absolute Gasteiger partial charge is 0.462 e. The lowest BCUT2D eigenvalue weighted by Crippen LogP contribution is -2.59. The number of Topliss-reactive ketones (excluding diaryl/α,β-unsaturated/α-hetero) is 1. The lowest BCUT2D eigenvalue weighted by Gasteiger charge is -2.46. The summed E-state index contributed by atoms with van der Waals surface area (Å²) in [6.45, 7) is 17.7. The summed E-state index contributed by atoms with van der Waals surface area (Å²) in [5, 5.41) is 7.27. The maximum Gasteiger partial charge on any atom is 0.306 e. The molecule has 2 N–H and O–H groups in total. The molecule has 0 bridgehead atoms. The molecule has 2 heterocycles. The minimum atomic E-state index is -0.0605. The van der Waals surface area contributed by atoms with E-state index in [2.05, 4.69) is 66.0 Å². The second-order valence-corrected chi connectivity index (χ2v) is 13.8. The maximum atomic E-state index is 12.3. The van der Waals surface area contributed by atoms with Crippen LogP contribution in [0.2, 0.25) is 0 Å². The van der Waals surface area contributed by atoms with Crippen LogP contribution in [-0.2, 0) is 19.1 Å². The van der Waals surface area contributed by atoms with Gasteiger partial charge >= 0.3 is 5.97 Å². The number of nitrogens with one attached hydrogen (secondary N) is 2. The number of esters is 1. The van der Waals surface area contributed by atoms with Crippen LogP contribution in [0.25, 0.3) is 0 Å². The van der Waals surface area contributed by atoms with E-state index in [1.165, 1.54) is 0 Å². The normalized spacial score (nSPS) is 23.7. The summed E-state index contributed by atoms with van der Waals surface area (Å²) in [6, 6.07) is 0. The van der Waals surface area contributed by atoms with E-state index in [9.17, 15) is 9.59 Å². The van der Waals surface area contributed by atoms with Crippen molar-refractivity contribution in [1.82, 2.24) is 10.6 Å². The Morgan fingerprint density at radius 1 is 0.629 bits per heavy atom. The summed E-state index contributed by atoms with van der Waals surface area (Å²) >= 11 is 0. The lowest BCUT2D eigenvalue weighted by molar-refractivity contribution is -0.153. The molecule has 6 heteroatoms. The highest BCUT2D eigenvalue weighted by atomic mass is 16.5. The zero-order valence-corrected chi connectivity index (χ0v) is 24.0. The molecule has 2 aliphatic rings. The quantitative estimate of drug-likeness (QED) is 0.247. The molecule has 6 nitrogen and oxygen atoms in total. The highest BCUT2D eigenvalue weighted by Gasteiger charge is 2.39. The summed E-state index contributed by atoms with van der Waals surface area (Å²) in [5.74, 6) is 0.153. The second kappa shape index (κ2) is 12.5. The fourth-order valence-corrected chi connectivity index (χ4v) is 6.48. The van der Waals surface area contributed by atoms with Crippen molar-refractivity contribution in [3.8, 4) is 0 Å². The van der Waals surface area contributed by atoms with Gasteiger partial charge in [-0.25, -0.2) is 0 Å². The molecule has 0 unspecified atom stereocenters. The predicted molar refractivity (Wildman–Crippen MR) is 143 cm³/mol. The predicted octanol–water partition coefficient (Wildman–Crippen LogP) is 5.85. The Balaban J connectivity index is 1.48. The SMILES string of the molecule is CC1(C)CC(OCC(=O)CCCCCCCCC(=O)OC2CC(C)(C)NC(C)(C)C2)CC(C)(C)N1. The number of ether oxygens (including phenoxy) is 2. The molecule has 35 heavy (non-hydrogen) atoms. The van der Waals surface area contributed by atoms with Crippen molar-refractivity contribution in [1.29, 1.82) is 0 Å². The number of carbonyl (C=O) groups is 2. The summed E-state index contributed by atoms with van der Waals surface area (Å²) in [4.78, 5) is 24.6. The zero-order valence-electron chi connectivity index (χ0n) is 24.0. The maximum absolute atomic E-state index is 12.3. The summed E-state index contributed by atoms with van der Waals surface area (Å²) in [7, 11) is 0. The van der Waals surface area contributed by atoms with Gasteiger partial charge in [-0.3, -0.25) is 9.59 Å². The first kappa shape index (κ1) is 30.2. The van der Waals surface area contributed by atoms with Gasteiger partial charge < -0.3 is 20.1 Å². The van der Waals surface area contributed by atoms with Crippen molar-refractivity contribution in [2.45, 2.75) is 167 Å². The van der Waals surface area contributed by atoms with Crippen LogP contribution in [0.4, 0.5) is 0 Å². The van der Waals surface area contributed by atoms with Gasteiger partial charge in [-0.2, -0.15) is 0 Å². The first-order valence-electron chi connectivity index (χ1n) is 14.0. The Kier molecular flexibility index (Phi) is 10.8. The molecule has 0 saturated carbocycles. The third kappa shape index (κ3) is 12.2. The summed E-state index contributed by atoms with van der Waals surface area (Å²) in [5.41, 5.74) is 0.0452. The van der Waals surface area contributed by atoms with E-state index >= 15 is 0 Å². The molecule has 2 saturated heterocycles. The van der Waals surface area contributed by atoms with Gasteiger partial charge in [0.2, 0.25) is 0 Å². The minimum absolute atomic E-state index is 0.00280. The van der Waals surface area contributed by atoms with E-state index in [-0.39, 0.29) is 52.7 Å². The van der Waals surface area contributed by atoms with Crippen LogP contribution in [0.1, 0.15) is 132 Å². The van der Waals surface area contributed by atoms with Crippen molar-refractivity contribution in [3.63, 3.8) is 0 Å². The smallest absolute Gasteiger partial charge is 0.306 e. The molecule has 2 aliphatic heterocycles. The molecule has 0 spiro atoms. The van der Waals surface area contributed by atoms with Gasteiger partial charge in [0, 0.05) is 47.8 Å². The Morgan fingerprint density at radius 2 is 1.03 bits per heavy atom. The van der Waals surface area contributed by atoms with E-state index in [4.69, 9.17) is 9.47 Å². The highest BCUT2D eigenvalue weighted by Crippen LogP contribution is 2.31. The number of piperidine rings is 2. The lowest BCUT2D eigenvalue weighted by atomic mass is 9.81. The van der Waals surface area contributed by atoms with Crippen molar-refractivity contribution in [2.24, 2.45) is 0 Å². The topological polar surface area (TPSA) is 76.7 Å². The molecule has 0 aromatic heterocycles. The fourth-order valence-electron chi connectivity index (χ4n) is 6.48. The molecule has 2 rings (SSSR count). The van der Waals surface area contributed by atoms with E-state index in [1.807, 2.05) is 0 Å². The monoisotopic (exact) mass is 494 g/mol. The zero-order chi connectivity index (χ0) is 26.3. The number of hydrogen-bond acceptors (Lipinski definition) is 6. The molecule has 0 atom stereocenters. The first-order chi connectivity index (χ1) is 16.1. The van der Waals surface area contributed by atoms with Gasteiger partial charge in [0.05, 0.1) is 6.10 Å². The Bertz CT molecular complexity index is 667. The van der Waals surface area contributed by atoms with Crippen LogP contribution in [0, 0.1) is 0 Å². The van der Waals surface area contributed by atoms with Crippen LogP contribution in [0.15, 0.2) is 0 Å². The number of carbonyl (C=O) groups excluding carboxylic acids is 2. The van der Waals surface area contributed by atoms with Crippen LogP contribution >= 0.6 is 0 Å².